The lowest BCUT2D eigenvalue weighted by atomic mass is 9.87. The maximum atomic E-state index is 9.33. The molecule has 0 aliphatic carbocycles. The summed E-state index contributed by atoms with van der Waals surface area (Å²) < 4.78 is 29.3. The average Bonchev–Trinajstić information content (AvgIpc) is 3.09. The van der Waals surface area contributed by atoms with Gasteiger partial charge in [-0.1, -0.05) is 60.7 Å². The molecule has 1 aliphatic rings. The van der Waals surface area contributed by atoms with Crippen molar-refractivity contribution >= 4 is 23.2 Å². The Balaban J connectivity index is 0.00000480. The largest absolute Gasteiger partial charge is 0.494 e. The van der Waals surface area contributed by atoms with Crippen LogP contribution in [0, 0.1) is 0 Å². The Morgan fingerprint density at radius 2 is 1.50 bits per heavy atom. The molecule has 1 aliphatic heterocycles. The van der Waals surface area contributed by atoms with Crippen LogP contribution in [-0.2, 0) is 27.4 Å². The second kappa shape index (κ2) is 19.5. The standard InChI is InChI=1S/C37H45NO7.ClH/c39-24-33(40)27-42-19-20-44-35-14-11-31-21-29(7-8-32(31)22-35)26-45-37-23-38-16-15-36(37)30-9-12-34(13-10-30)43-18-4-17-41-25-28-5-2-1-3-6-28;/h1-3,5-14,21-22,33,36-40H,4,15-20,23-27H2;1H. The molecule has 1 heterocycles. The first-order chi connectivity index (χ1) is 22.2. The molecule has 9 heteroatoms. The molecular formula is C37H46ClNO7. The van der Waals surface area contributed by atoms with Gasteiger partial charge in [0.2, 0.25) is 0 Å². The van der Waals surface area contributed by atoms with Crippen LogP contribution < -0.4 is 14.8 Å². The van der Waals surface area contributed by atoms with E-state index < -0.39 is 6.10 Å². The zero-order valence-corrected chi connectivity index (χ0v) is 27.0. The molecule has 1 saturated heterocycles. The number of aliphatic hydroxyl groups excluding tert-OH is 2. The second-order valence-electron chi connectivity index (χ2n) is 11.4. The molecule has 3 atom stereocenters. The van der Waals surface area contributed by atoms with Crippen molar-refractivity contribution in [2.45, 2.75) is 44.2 Å². The summed E-state index contributed by atoms with van der Waals surface area (Å²) >= 11 is 0. The fraction of sp³-hybridized carbons (Fsp3) is 0.405. The lowest BCUT2D eigenvalue weighted by molar-refractivity contribution is -0.00137. The van der Waals surface area contributed by atoms with Crippen LogP contribution in [0.2, 0.25) is 0 Å². The summed E-state index contributed by atoms with van der Waals surface area (Å²) in [5.74, 6) is 1.96. The van der Waals surface area contributed by atoms with Crippen LogP contribution >= 0.6 is 12.4 Å². The molecule has 0 spiro atoms. The normalized spacial score (nSPS) is 16.9. The highest BCUT2D eigenvalue weighted by Gasteiger charge is 2.27. The molecule has 0 aromatic heterocycles. The van der Waals surface area contributed by atoms with Crippen molar-refractivity contribution in [2.75, 3.05) is 52.7 Å². The van der Waals surface area contributed by atoms with Gasteiger partial charge in [-0.15, -0.1) is 12.4 Å². The molecule has 46 heavy (non-hydrogen) atoms. The zero-order chi connectivity index (χ0) is 31.1. The Hall–Kier alpha value is -3.21. The van der Waals surface area contributed by atoms with E-state index in [0.29, 0.717) is 45.6 Å². The fourth-order valence-electron chi connectivity index (χ4n) is 5.46. The maximum Gasteiger partial charge on any atom is 0.120 e. The zero-order valence-electron chi connectivity index (χ0n) is 26.2. The van der Waals surface area contributed by atoms with Gasteiger partial charge in [-0.3, -0.25) is 0 Å². The van der Waals surface area contributed by atoms with E-state index in [2.05, 4.69) is 66.0 Å². The highest BCUT2D eigenvalue weighted by molar-refractivity contribution is 5.85. The lowest BCUT2D eigenvalue weighted by Gasteiger charge is -2.32. The molecule has 0 bridgehead atoms. The Labute approximate surface area is 278 Å². The smallest absolute Gasteiger partial charge is 0.120 e. The van der Waals surface area contributed by atoms with E-state index in [1.165, 1.54) is 11.1 Å². The quantitative estimate of drug-likeness (QED) is 0.119. The number of fused-ring (bicyclic) bond motifs is 1. The van der Waals surface area contributed by atoms with Crippen LogP contribution in [0.5, 0.6) is 11.5 Å². The second-order valence-corrected chi connectivity index (χ2v) is 11.4. The first-order valence-corrected chi connectivity index (χ1v) is 15.9. The Kier molecular flexibility index (Phi) is 15.1. The number of piperidine rings is 1. The molecule has 248 valence electrons. The summed E-state index contributed by atoms with van der Waals surface area (Å²) in [5.41, 5.74) is 3.60. The molecule has 0 amide bonds. The first kappa shape index (κ1) is 35.6. The van der Waals surface area contributed by atoms with Crippen molar-refractivity contribution in [3.63, 3.8) is 0 Å². The van der Waals surface area contributed by atoms with Gasteiger partial charge in [0.25, 0.3) is 0 Å². The number of hydrogen-bond acceptors (Lipinski definition) is 8. The molecule has 3 unspecified atom stereocenters. The van der Waals surface area contributed by atoms with Crippen molar-refractivity contribution in [2.24, 2.45) is 0 Å². The average molecular weight is 652 g/mol. The van der Waals surface area contributed by atoms with Crippen molar-refractivity contribution in [3.8, 4) is 11.5 Å². The van der Waals surface area contributed by atoms with Gasteiger partial charge in [-0.05, 0) is 70.8 Å². The molecule has 0 saturated carbocycles. The van der Waals surface area contributed by atoms with Gasteiger partial charge in [0, 0.05) is 18.9 Å². The predicted octanol–water partition coefficient (Wildman–Crippen LogP) is 5.66. The minimum atomic E-state index is -0.858. The molecule has 8 nitrogen and oxygen atoms in total. The summed E-state index contributed by atoms with van der Waals surface area (Å²) in [6.07, 6.45) is 1.09. The number of halogens is 1. The number of benzene rings is 4. The van der Waals surface area contributed by atoms with Crippen LogP contribution in [0.25, 0.3) is 10.8 Å². The predicted molar refractivity (Wildman–Crippen MR) is 182 cm³/mol. The molecule has 4 aromatic carbocycles. The minimum absolute atomic E-state index is 0. The van der Waals surface area contributed by atoms with Crippen LogP contribution in [0.1, 0.15) is 35.4 Å². The number of aliphatic hydroxyl groups is 2. The van der Waals surface area contributed by atoms with Crippen LogP contribution in [-0.4, -0.2) is 75.2 Å². The molecule has 3 N–H and O–H groups in total. The summed E-state index contributed by atoms with van der Waals surface area (Å²) in [7, 11) is 0. The van der Waals surface area contributed by atoms with Gasteiger partial charge < -0.3 is 39.2 Å². The first-order valence-electron chi connectivity index (χ1n) is 15.9. The summed E-state index contributed by atoms with van der Waals surface area (Å²) in [6.45, 7) is 4.75. The van der Waals surface area contributed by atoms with E-state index in [0.717, 1.165) is 53.8 Å². The molecule has 1 fully saturated rings. The highest BCUT2D eigenvalue weighted by atomic mass is 35.5. The van der Waals surface area contributed by atoms with E-state index in [1.54, 1.807) is 0 Å². The van der Waals surface area contributed by atoms with Crippen LogP contribution in [0.3, 0.4) is 0 Å². The van der Waals surface area contributed by atoms with Gasteiger partial charge in [0.05, 0.1) is 52.4 Å². The number of rotatable bonds is 18. The van der Waals surface area contributed by atoms with Crippen molar-refractivity contribution in [1.29, 1.82) is 0 Å². The maximum absolute atomic E-state index is 9.33. The van der Waals surface area contributed by atoms with Gasteiger partial charge in [0.1, 0.15) is 24.2 Å². The van der Waals surface area contributed by atoms with Crippen molar-refractivity contribution in [1.82, 2.24) is 5.32 Å². The van der Waals surface area contributed by atoms with E-state index in [9.17, 15) is 5.11 Å². The Morgan fingerprint density at radius 1 is 0.739 bits per heavy atom. The number of ether oxygens (including phenoxy) is 5. The summed E-state index contributed by atoms with van der Waals surface area (Å²) in [6, 6.07) is 31.1. The van der Waals surface area contributed by atoms with Crippen molar-refractivity contribution < 1.29 is 33.9 Å². The third kappa shape index (κ3) is 11.2. The monoisotopic (exact) mass is 651 g/mol. The SMILES string of the molecule is Cl.OCC(O)COCCOc1ccc2cc(COC3CNCCC3c3ccc(OCCCOCc4ccccc4)cc3)ccc2c1. The molecular weight excluding hydrogens is 606 g/mol. The van der Waals surface area contributed by atoms with Crippen molar-refractivity contribution in [3.05, 3.63) is 108 Å². The number of hydrogen-bond donors (Lipinski definition) is 3. The van der Waals surface area contributed by atoms with E-state index in [1.807, 2.05) is 30.3 Å². The van der Waals surface area contributed by atoms with E-state index >= 15 is 0 Å². The van der Waals surface area contributed by atoms with Gasteiger partial charge >= 0.3 is 0 Å². The van der Waals surface area contributed by atoms with Gasteiger partial charge in [-0.2, -0.15) is 0 Å². The van der Waals surface area contributed by atoms with Crippen LogP contribution in [0.15, 0.2) is 91.0 Å². The lowest BCUT2D eigenvalue weighted by Crippen LogP contribution is -2.40. The molecule has 5 rings (SSSR count). The fourth-order valence-corrected chi connectivity index (χ4v) is 5.46. The molecule has 0 radical (unpaired) electrons. The van der Waals surface area contributed by atoms with Crippen LogP contribution in [0.4, 0.5) is 0 Å². The van der Waals surface area contributed by atoms with E-state index in [4.69, 9.17) is 28.8 Å². The Morgan fingerprint density at radius 3 is 2.33 bits per heavy atom. The molecule has 4 aromatic rings. The number of nitrogens with one attached hydrogen (secondary N) is 1. The van der Waals surface area contributed by atoms with Gasteiger partial charge in [-0.25, -0.2) is 0 Å². The summed E-state index contributed by atoms with van der Waals surface area (Å²) in [4.78, 5) is 0. The highest BCUT2D eigenvalue weighted by Crippen LogP contribution is 2.30. The minimum Gasteiger partial charge on any atom is -0.494 e. The summed E-state index contributed by atoms with van der Waals surface area (Å²) in [5, 5.41) is 23.9. The Bertz CT molecular complexity index is 1420. The van der Waals surface area contributed by atoms with E-state index in [-0.39, 0.29) is 31.7 Å². The van der Waals surface area contributed by atoms with Gasteiger partial charge in [0.15, 0.2) is 0 Å². The third-order valence-corrected chi connectivity index (χ3v) is 7.91. The topological polar surface area (TPSA) is 98.6 Å². The third-order valence-electron chi connectivity index (χ3n) is 7.91.